The maximum atomic E-state index is 6.88. The van der Waals surface area contributed by atoms with Crippen LogP contribution in [0.25, 0.3) is 64.4 Å². The summed E-state index contributed by atoms with van der Waals surface area (Å²) in [6.45, 7) is 2.36. The molecule has 0 saturated carbocycles. The summed E-state index contributed by atoms with van der Waals surface area (Å²) >= 11 is 1.85. The van der Waals surface area contributed by atoms with Gasteiger partial charge in [-0.3, -0.25) is 0 Å². The molecule has 0 fully saturated rings. The summed E-state index contributed by atoms with van der Waals surface area (Å²) in [6, 6.07) is 66.0. The second-order valence-electron chi connectivity index (χ2n) is 14.2. The van der Waals surface area contributed by atoms with Crippen LogP contribution >= 0.6 is 11.3 Å². The second kappa shape index (κ2) is 11.5. The van der Waals surface area contributed by atoms with E-state index in [9.17, 15) is 0 Å². The molecule has 250 valence electrons. The normalized spacial score (nSPS) is 13.2. The van der Waals surface area contributed by atoms with Crippen molar-refractivity contribution in [1.82, 2.24) is 0 Å². The standard InChI is InChI=1S/C50H33NOS/c1-50(42-20-8-5-15-37(42)38-16-6-9-21-43(38)50)44-22-11-19-41-48-36(18-12-23-45(48)52-49(41)44)32-25-27-34(28-26-32)51(33-13-3-2-4-14-33)35-29-30-40-39-17-7-10-24-46(39)53-47(40)31-35/h2-31H,1H3. The van der Waals surface area contributed by atoms with Gasteiger partial charge in [-0.1, -0.05) is 133 Å². The third-order valence-electron chi connectivity index (χ3n) is 11.4. The van der Waals surface area contributed by atoms with Gasteiger partial charge in [0, 0.05) is 59.0 Å². The Hall–Kier alpha value is -6.42. The Labute approximate surface area is 311 Å². The Balaban J connectivity index is 1.04. The zero-order chi connectivity index (χ0) is 35.1. The quantitative estimate of drug-likeness (QED) is 0.178. The number of benzene rings is 8. The second-order valence-corrected chi connectivity index (χ2v) is 15.3. The summed E-state index contributed by atoms with van der Waals surface area (Å²) in [5.74, 6) is 0. The van der Waals surface area contributed by atoms with Crippen LogP contribution in [0.5, 0.6) is 0 Å². The Morgan fingerprint density at radius 2 is 1.04 bits per heavy atom. The molecule has 0 N–H and O–H groups in total. The van der Waals surface area contributed by atoms with Gasteiger partial charge in [0.1, 0.15) is 11.2 Å². The van der Waals surface area contributed by atoms with E-state index >= 15 is 0 Å². The van der Waals surface area contributed by atoms with Gasteiger partial charge in [-0.25, -0.2) is 0 Å². The van der Waals surface area contributed by atoms with Crippen molar-refractivity contribution in [1.29, 1.82) is 0 Å². The molecule has 2 heterocycles. The van der Waals surface area contributed by atoms with Crippen LogP contribution in [-0.2, 0) is 5.41 Å². The molecular weight excluding hydrogens is 663 g/mol. The van der Waals surface area contributed by atoms with Crippen LogP contribution in [0, 0.1) is 0 Å². The van der Waals surface area contributed by atoms with Crippen molar-refractivity contribution in [2.24, 2.45) is 0 Å². The maximum absolute atomic E-state index is 6.88. The largest absolute Gasteiger partial charge is 0.456 e. The summed E-state index contributed by atoms with van der Waals surface area (Å²) in [5, 5.41) is 4.91. The molecule has 0 radical (unpaired) electrons. The summed E-state index contributed by atoms with van der Waals surface area (Å²) < 4.78 is 9.49. The van der Waals surface area contributed by atoms with Crippen LogP contribution in [0.4, 0.5) is 17.1 Å². The first kappa shape index (κ1) is 30.2. The van der Waals surface area contributed by atoms with E-state index in [1.165, 1.54) is 53.6 Å². The number of hydrogen-bond acceptors (Lipinski definition) is 3. The number of furan rings is 1. The molecule has 0 saturated heterocycles. The first-order chi connectivity index (χ1) is 26.2. The van der Waals surface area contributed by atoms with Crippen LogP contribution in [0.1, 0.15) is 23.6 Å². The zero-order valence-corrected chi connectivity index (χ0v) is 29.9. The number of hydrogen-bond donors (Lipinski definition) is 0. The Morgan fingerprint density at radius 3 is 1.83 bits per heavy atom. The average molecular weight is 696 g/mol. The predicted octanol–water partition coefficient (Wildman–Crippen LogP) is 14.4. The lowest BCUT2D eigenvalue weighted by Crippen LogP contribution is -2.22. The lowest BCUT2D eigenvalue weighted by Gasteiger charge is -2.28. The number of para-hydroxylation sites is 2. The lowest BCUT2D eigenvalue weighted by molar-refractivity contribution is 0.638. The highest BCUT2D eigenvalue weighted by Crippen LogP contribution is 2.54. The van der Waals surface area contributed by atoms with Crippen molar-refractivity contribution in [2.45, 2.75) is 12.3 Å². The fraction of sp³-hybridized carbons (Fsp3) is 0.0400. The van der Waals surface area contributed by atoms with Crippen molar-refractivity contribution in [3.63, 3.8) is 0 Å². The minimum Gasteiger partial charge on any atom is -0.456 e. The molecule has 1 aliphatic carbocycles. The molecule has 0 atom stereocenters. The molecule has 2 aromatic heterocycles. The smallest absolute Gasteiger partial charge is 0.139 e. The molecule has 0 unspecified atom stereocenters. The Bertz CT molecular complexity index is 2980. The molecule has 3 heteroatoms. The monoisotopic (exact) mass is 695 g/mol. The van der Waals surface area contributed by atoms with Crippen molar-refractivity contribution in [3.8, 4) is 22.3 Å². The van der Waals surface area contributed by atoms with E-state index in [0.717, 1.165) is 44.6 Å². The van der Waals surface area contributed by atoms with Crippen LogP contribution in [0.2, 0.25) is 0 Å². The summed E-state index contributed by atoms with van der Waals surface area (Å²) in [7, 11) is 0. The molecule has 0 amide bonds. The van der Waals surface area contributed by atoms with E-state index in [2.05, 4.69) is 194 Å². The highest BCUT2D eigenvalue weighted by molar-refractivity contribution is 7.25. The van der Waals surface area contributed by atoms with Gasteiger partial charge >= 0.3 is 0 Å². The topological polar surface area (TPSA) is 16.4 Å². The van der Waals surface area contributed by atoms with Crippen molar-refractivity contribution < 1.29 is 4.42 Å². The fourth-order valence-corrected chi connectivity index (χ4v) is 10.0. The van der Waals surface area contributed by atoms with Crippen molar-refractivity contribution in [2.75, 3.05) is 4.90 Å². The van der Waals surface area contributed by atoms with Crippen LogP contribution in [0.15, 0.2) is 186 Å². The third kappa shape index (κ3) is 4.44. The number of nitrogens with zero attached hydrogens (tertiary/aromatic N) is 1. The molecule has 0 bridgehead atoms. The highest BCUT2D eigenvalue weighted by Gasteiger charge is 2.42. The lowest BCUT2D eigenvalue weighted by atomic mass is 9.74. The average Bonchev–Trinajstić information content (AvgIpc) is 3.87. The number of rotatable bonds is 5. The van der Waals surface area contributed by atoms with Gasteiger partial charge in [-0.05, 0) is 88.8 Å². The number of fused-ring (bicyclic) bond motifs is 9. The summed E-state index contributed by atoms with van der Waals surface area (Å²) in [4.78, 5) is 2.35. The van der Waals surface area contributed by atoms with Crippen molar-refractivity contribution >= 4 is 70.5 Å². The van der Waals surface area contributed by atoms with E-state index < -0.39 is 0 Å². The SMILES string of the molecule is CC1(c2cccc3c2oc2cccc(-c4ccc(N(c5ccccc5)c5ccc6c(c5)sc5ccccc56)cc4)c23)c2ccccc2-c2ccccc21. The summed E-state index contributed by atoms with van der Waals surface area (Å²) in [6.07, 6.45) is 0. The van der Waals surface area contributed by atoms with Gasteiger partial charge in [0.25, 0.3) is 0 Å². The van der Waals surface area contributed by atoms with E-state index in [1.54, 1.807) is 0 Å². The van der Waals surface area contributed by atoms with E-state index in [-0.39, 0.29) is 5.41 Å². The molecule has 8 aromatic carbocycles. The molecule has 2 nitrogen and oxygen atoms in total. The van der Waals surface area contributed by atoms with Crippen LogP contribution < -0.4 is 4.90 Å². The maximum Gasteiger partial charge on any atom is 0.139 e. The van der Waals surface area contributed by atoms with Crippen molar-refractivity contribution in [3.05, 3.63) is 199 Å². The molecule has 53 heavy (non-hydrogen) atoms. The third-order valence-corrected chi connectivity index (χ3v) is 12.5. The van der Waals surface area contributed by atoms with Gasteiger partial charge < -0.3 is 9.32 Å². The first-order valence-electron chi connectivity index (χ1n) is 18.2. The van der Waals surface area contributed by atoms with Crippen LogP contribution in [0.3, 0.4) is 0 Å². The predicted molar refractivity (Wildman–Crippen MR) is 224 cm³/mol. The molecule has 10 aromatic rings. The van der Waals surface area contributed by atoms with Gasteiger partial charge in [-0.15, -0.1) is 11.3 Å². The molecule has 11 rings (SSSR count). The number of anilines is 3. The highest BCUT2D eigenvalue weighted by atomic mass is 32.1. The van der Waals surface area contributed by atoms with Gasteiger partial charge in [0.2, 0.25) is 0 Å². The molecular formula is C50H33NOS. The van der Waals surface area contributed by atoms with E-state index in [4.69, 9.17) is 4.42 Å². The Kier molecular flexibility index (Phi) is 6.58. The van der Waals surface area contributed by atoms with Gasteiger partial charge in [0.15, 0.2) is 0 Å². The molecule has 0 spiro atoms. The minimum atomic E-state index is -0.345. The van der Waals surface area contributed by atoms with E-state index in [1.807, 2.05) is 11.3 Å². The minimum absolute atomic E-state index is 0.345. The molecule has 0 aliphatic heterocycles. The fourth-order valence-electron chi connectivity index (χ4n) is 8.89. The van der Waals surface area contributed by atoms with E-state index in [0.29, 0.717) is 0 Å². The molecule has 1 aliphatic rings. The zero-order valence-electron chi connectivity index (χ0n) is 29.1. The number of thiophene rings is 1. The van der Waals surface area contributed by atoms with Crippen LogP contribution in [-0.4, -0.2) is 0 Å². The Morgan fingerprint density at radius 1 is 0.453 bits per heavy atom. The van der Waals surface area contributed by atoms with Gasteiger partial charge in [-0.2, -0.15) is 0 Å². The summed E-state index contributed by atoms with van der Waals surface area (Å²) in [5.41, 5.74) is 13.6. The first-order valence-corrected chi connectivity index (χ1v) is 19.0. The van der Waals surface area contributed by atoms with Gasteiger partial charge in [0.05, 0.1) is 0 Å².